The number of anilines is 1. The standard InChI is InChI=1S/C20H17F2N5O3/c1-12-23-11-18-27(12)26-19(29-18)16-8-5-14(10-24-16)25-17(28)9-13-3-6-15(7-4-13)30-20(2,21)22/h3-8,10-11H,9H2,1-2H3,(H,25,28). The molecule has 3 heterocycles. The van der Waals surface area contributed by atoms with Gasteiger partial charge in [-0.15, -0.1) is 5.10 Å². The van der Waals surface area contributed by atoms with Crippen molar-refractivity contribution in [1.82, 2.24) is 19.6 Å². The topological polar surface area (TPSA) is 94.5 Å². The minimum absolute atomic E-state index is 0.0289. The van der Waals surface area contributed by atoms with Gasteiger partial charge in [-0.1, -0.05) is 12.1 Å². The van der Waals surface area contributed by atoms with Crippen molar-refractivity contribution in [2.24, 2.45) is 0 Å². The van der Waals surface area contributed by atoms with E-state index in [9.17, 15) is 13.6 Å². The summed E-state index contributed by atoms with van der Waals surface area (Å²) >= 11 is 0. The van der Waals surface area contributed by atoms with E-state index in [1.165, 1.54) is 18.3 Å². The molecule has 4 aromatic rings. The van der Waals surface area contributed by atoms with Crippen LogP contribution in [0.15, 0.2) is 53.2 Å². The summed E-state index contributed by atoms with van der Waals surface area (Å²) in [6.07, 6.45) is -0.111. The van der Waals surface area contributed by atoms with Crippen molar-refractivity contribution in [3.63, 3.8) is 0 Å². The van der Waals surface area contributed by atoms with E-state index in [1.54, 1.807) is 35.0 Å². The van der Waals surface area contributed by atoms with Crippen molar-refractivity contribution in [3.05, 3.63) is 60.2 Å². The number of aromatic nitrogens is 4. The van der Waals surface area contributed by atoms with Crippen LogP contribution in [0.25, 0.3) is 17.3 Å². The number of nitrogens with one attached hydrogen (secondary N) is 1. The Labute approximate surface area is 169 Å². The molecule has 0 aliphatic rings. The van der Waals surface area contributed by atoms with E-state index in [-0.39, 0.29) is 18.1 Å². The van der Waals surface area contributed by atoms with Crippen LogP contribution in [0.4, 0.5) is 14.5 Å². The van der Waals surface area contributed by atoms with Gasteiger partial charge in [-0.25, -0.2) is 9.97 Å². The number of aryl methyl sites for hydroxylation is 1. The third-order valence-electron chi connectivity index (χ3n) is 4.12. The van der Waals surface area contributed by atoms with Crippen LogP contribution in [0.5, 0.6) is 5.75 Å². The van der Waals surface area contributed by atoms with Crippen LogP contribution in [0.3, 0.4) is 0 Å². The van der Waals surface area contributed by atoms with E-state index in [1.807, 2.05) is 6.92 Å². The molecule has 4 rings (SSSR count). The molecule has 0 radical (unpaired) electrons. The van der Waals surface area contributed by atoms with Crippen LogP contribution in [-0.4, -0.2) is 31.6 Å². The van der Waals surface area contributed by atoms with Crippen LogP contribution in [0, 0.1) is 6.92 Å². The van der Waals surface area contributed by atoms with Gasteiger partial charge in [-0.3, -0.25) is 4.79 Å². The number of ether oxygens (including phenoxy) is 1. The van der Waals surface area contributed by atoms with E-state index in [0.29, 0.717) is 41.3 Å². The van der Waals surface area contributed by atoms with Gasteiger partial charge < -0.3 is 14.5 Å². The summed E-state index contributed by atoms with van der Waals surface area (Å²) in [5.41, 5.74) is 2.19. The highest BCUT2D eigenvalue weighted by atomic mass is 19.3. The average molecular weight is 413 g/mol. The molecule has 0 spiro atoms. The lowest BCUT2D eigenvalue weighted by molar-refractivity contribution is -0.159. The number of alkyl halides is 2. The summed E-state index contributed by atoms with van der Waals surface area (Å²) in [6, 6.07) is 9.28. The summed E-state index contributed by atoms with van der Waals surface area (Å²) < 4.78 is 37.3. The molecular weight excluding hydrogens is 396 g/mol. The fourth-order valence-electron chi connectivity index (χ4n) is 2.79. The van der Waals surface area contributed by atoms with E-state index >= 15 is 0 Å². The number of hydrogen-bond donors (Lipinski definition) is 1. The Bertz CT molecular complexity index is 1180. The molecule has 0 saturated heterocycles. The lowest BCUT2D eigenvalue weighted by Crippen LogP contribution is -2.19. The van der Waals surface area contributed by atoms with Gasteiger partial charge in [0.15, 0.2) is 0 Å². The predicted octanol–water partition coefficient (Wildman–Crippen LogP) is 3.87. The van der Waals surface area contributed by atoms with E-state index in [4.69, 9.17) is 4.42 Å². The van der Waals surface area contributed by atoms with Crippen LogP contribution in [-0.2, 0) is 11.2 Å². The van der Waals surface area contributed by atoms with E-state index < -0.39 is 6.11 Å². The quantitative estimate of drug-likeness (QED) is 0.516. The maximum Gasteiger partial charge on any atom is 0.394 e. The van der Waals surface area contributed by atoms with Crippen LogP contribution in [0.1, 0.15) is 18.3 Å². The number of nitrogens with zero attached hydrogens (tertiary/aromatic N) is 4. The number of carbonyl (C=O) groups is 1. The number of benzene rings is 1. The van der Waals surface area contributed by atoms with Gasteiger partial charge in [-0.2, -0.15) is 13.3 Å². The highest BCUT2D eigenvalue weighted by molar-refractivity contribution is 5.92. The molecule has 0 aliphatic carbocycles. The van der Waals surface area contributed by atoms with Crippen LogP contribution >= 0.6 is 0 Å². The average Bonchev–Trinajstić information content (AvgIpc) is 3.25. The molecule has 0 fully saturated rings. The molecule has 1 amide bonds. The second-order valence-electron chi connectivity index (χ2n) is 6.67. The summed E-state index contributed by atoms with van der Waals surface area (Å²) in [7, 11) is 0. The Hall–Kier alpha value is -3.82. The minimum Gasteiger partial charge on any atom is -0.433 e. The fourth-order valence-corrected chi connectivity index (χ4v) is 2.79. The molecule has 1 N–H and O–H groups in total. The summed E-state index contributed by atoms with van der Waals surface area (Å²) in [5.74, 6) is 0.799. The molecule has 0 saturated carbocycles. The maximum atomic E-state index is 12.8. The Balaban J connectivity index is 1.37. The first-order valence-electron chi connectivity index (χ1n) is 9.00. The number of hydrogen-bond acceptors (Lipinski definition) is 6. The second kappa shape index (κ2) is 7.54. The van der Waals surface area contributed by atoms with Gasteiger partial charge in [0, 0.05) is 6.92 Å². The van der Waals surface area contributed by atoms with Crippen molar-refractivity contribution in [2.45, 2.75) is 26.4 Å². The van der Waals surface area contributed by atoms with Crippen molar-refractivity contribution in [3.8, 4) is 17.3 Å². The van der Waals surface area contributed by atoms with E-state index in [0.717, 1.165) is 0 Å². The monoisotopic (exact) mass is 413 g/mol. The predicted molar refractivity (Wildman–Crippen MR) is 103 cm³/mol. The summed E-state index contributed by atoms with van der Waals surface area (Å²) in [5, 5.41) is 7.03. The van der Waals surface area contributed by atoms with Crippen molar-refractivity contribution in [1.29, 1.82) is 0 Å². The molecule has 0 unspecified atom stereocenters. The Morgan fingerprint density at radius 3 is 2.57 bits per heavy atom. The lowest BCUT2D eigenvalue weighted by Gasteiger charge is -2.13. The first kappa shape index (κ1) is 19.5. The lowest BCUT2D eigenvalue weighted by atomic mass is 10.1. The number of imidazole rings is 1. The molecule has 8 nitrogen and oxygen atoms in total. The fraction of sp³-hybridized carbons (Fsp3) is 0.200. The molecule has 30 heavy (non-hydrogen) atoms. The van der Waals surface area contributed by atoms with Gasteiger partial charge >= 0.3 is 6.11 Å². The molecule has 0 atom stereocenters. The van der Waals surface area contributed by atoms with Gasteiger partial charge in [0.1, 0.15) is 17.3 Å². The molecule has 10 heteroatoms. The second-order valence-corrected chi connectivity index (χ2v) is 6.67. The largest absolute Gasteiger partial charge is 0.433 e. The normalized spacial score (nSPS) is 11.6. The van der Waals surface area contributed by atoms with Crippen molar-refractivity contribution >= 4 is 17.3 Å². The van der Waals surface area contributed by atoms with Gasteiger partial charge in [0.2, 0.25) is 11.6 Å². The molecular formula is C20H17F2N5O3. The summed E-state index contributed by atoms with van der Waals surface area (Å²) in [6.45, 7) is 2.47. The van der Waals surface area contributed by atoms with Crippen molar-refractivity contribution in [2.75, 3.05) is 5.32 Å². The number of fused-ring (bicyclic) bond motifs is 1. The highest BCUT2D eigenvalue weighted by Crippen LogP contribution is 2.22. The van der Waals surface area contributed by atoms with Gasteiger partial charge in [0.25, 0.3) is 5.89 Å². The third kappa shape index (κ3) is 4.43. The van der Waals surface area contributed by atoms with Crippen molar-refractivity contribution < 1.29 is 22.7 Å². The number of rotatable bonds is 6. The number of amides is 1. The van der Waals surface area contributed by atoms with Crippen LogP contribution in [0.2, 0.25) is 0 Å². The number of pyridine rings is 1. The SMILES string of the molecule is Cc1ncc2oc(-c3ccc(NC(=O)Cc4ccc(OC(C)(F)F)cc4)cn3)nn12. The van der Waals surface area contributed by atoms with Gasteiger partial charge in [-0.05, 0) is 36.8 Å². The minimum atomic E-state index is -3.26. The Morgan fingerprint density at radius 2 is 1.93 bits per heavy atom. The zero-order chi connectivity index (χ0) is 21.3. The first-order valence-corrected chi connectivity index (χ1v) is 9.00. The summed E-state index contributed by atoms with van der Waals surface area (Å²) in [4.78, 5) is 20.6. The Morgan fingerprint density at radius 1 is 1.17 bits per heavy atom. The number of halogens is 2. The molecule has 3 aromatic heterocycles. The van der Waals surface area contributed by atoms with E-state index in [2.05, 4.69) is 25.1 Å². The smallest absolute Gasteiger partial charge is 0.394 e. The molecule has 154 valence electrons. The van der Waals surface area contributed by atoms with Crippen LogP contribution < -0.4 is 10.1 Å². The zero-order valence-corrected chi connectivity index (χ0v) is 16.1. The Kier molecular flexibility index (Phi) is 4.90. The van der Waals surface area contributed by atoms with Gasteiger partial charge in [0.05, 0.1) is 24.5 Å². The third-order valence-corrected chi connectivity index (χ3v) is 4.12. The maximum absolute atomic E-state index is 12.8. The molecule has 0 aliphatic heterocycles. The molecule has 1 aromatic carbocycles. The highest BCUT2D eigenvalue weighted by Gasteiger charge is 2.23. The number of carbonyl (C=O) groups excluding carboxylic acids is 1. The first-order chi connectivity index (χ1) is 14.3. The zero-order valence-electron chi connectivity index (χ0n) is 16.1. The molecule has 0 bridgehead atoms.